The monoisotopic (exact) mass is 241 g/mol. The lowest BCUT2D eigenvalue weighted by atomic mass is 10.3. The number of nitrogens with one attached hydrogen (secondary N) is 1. The van der Waals surface area contributed by atoms with Crippen LogP contribution >= 0.6 is 0 Å². The second-order valence-electron chi connectivity index (χ2n) is 3.50. The third kappa shape index (κ3) is 4.82. The Morgan fingerprint density at radius 1 is 1.53 bits per heavy atom. The fourth-order valence-electron chi connectivity index (χ4n) is 1.22. The van der Waals surface area contributed by atoms with Crippen LogP contribution < -0.4 is 10.1 Å². The maximum Gasteiger partial charge on any atom is 0.260 e. The number of halogens is 1. The highest BCUT2D eigenvalue weighted by molar-refractivity contribution is 5.80. The molecule has 0 heterocycles. The highest BCUT2D eigenvalue weighted by Gasteiger charge is 2.13. The average molecular weight is 241 g/mol. The second kappa shape index (κ2) is 6.85. The third-order valence-corrected chi connectivity index (χ3v) is 2.08. The zero-order valence-electron chi connectivity index (χ0n) is 9.90. The molecule has 1 aromatic carbocycles. The van der Waals surface area contributed by atoms with E-state index in [1.54, 1.807) is 20.1 Å². The smallest absolute Gasteiger partial charge is 0.260 e. The number of amides is 1. The zero-order valence-corrected chi connectivity index (χ0v) is 9.90. The van der Waals surface area contributed by atoms with Gasteiger partial charge in [0.25, 0.3) is 5.91 Å². The van der Waals surface area contributed by atoms with Crippen molar-refractivity contribution in [2.45, 2.75) is 13.0 Å². The lowest BCUT2D eigenvalue weighted by molar-refractivity contribution is -0.127. The molecule has 0 aliphatic carbocycles. The minimum Gasteiger partial charge on any atom is -0.481 e. The van der Waals surface area contributed by atoms with Crippen molar-refractivity contribution >= 4 is 5.91 Å². The van der Waals surface area contributed by atoms with Gasteiger partial charge in [-0.1, -0.05) is 6.07 Å². The van der Waals surface area contributed by atoms with Crippen LogP contribution in [0.15, 0.2) is 24.3 Å². The Labute approximate surface area is 99.7 Å². The maximum absolute atomic E-state index is 12.9. The summed E-state index contributed by atoms with van der Waals surface area (Å²) in [6.07, 6.45) is -0.673. The molecule has 1 atom stereocenters. The highest BCUT2D eigenvalue weighted by Crippen LogP contribution is 2.13. The number of carbonyl (C=O) groups is 1. The number of ether oxygens (including phenoxy) is 2. The van der Waals surface area contributed by atoms with Crippen molar-refractivity contribution in [3.05, 3.63) is 30.1 Å². The van der Waals surface area contributed by atoms with Crippen molar-refractivity contribution in [1.29, 1.82) is 0 Å². The molecule has 0 saturated carbocycles. The Morgan fingerprint density at radius 3 is 2.94 bits per heavy atom. The Kier molecular flexibility index (Phi) is 5.42. The number of hydrogen-bond donors (Lipinski definition) is 1. The van der Waals surface area contributed by atoms with Gasteiger partial charge in [-0.2, -0.15) is 0 Å². The summed E-state index contributed by atoms with van der Waals surface area (Å²) >= 11 is 0. The van der Waals surface area contributed by atoms with Gasteiger partial charge in [0.1, 0.15) is 11.6 Å². The van der Waals surface area contributed by atoms with Gasteiger partial charge in [-0.15, -0.1) is 0 Å². The molecule has 0 saturated heterocycles. The fourth-order valence-corrected chi connectivity index (χ4v) is 1.22. The van der Waals surface area contributed by atoms with E-state index in [9.17, 15) is 9.18 Å². The van der Waals surface area contributed by atoms with Crippen molar-refractivity contribution in [3.63, 3.8) is 0 Å². The predicted octanol–water partition coefficient (Wildman–Crippen LogP) is 1.36. The number of carbonyl (C=O) groups excluding carboxylic acids is 1. The summed E-state index contributed by atoms with van der Waals surface area (Å²) in [6.45, 7) is 2.47. The van der Waals surface area contributed by atoms with Gasteiger partial charge in [-0.3, -0.25) is 4.79 Å². The summed E-state index contributed by atoms with van der Waals surface area (Å²) in [5, 5.41) is 2.64. The Balaban J connectivity index is 2.43. The van der Waals surface area contributed by atoms with Gasteiger partial charge in [0.15, 0.2) is 6.10 Å². The largest absolute Gasteiger partial charge is 0.481 e. The van der Waals surface area contributed by atoms with E-state index in [-0.39, 0.29) is 5.91 Å². The molecule has 1 rings (SSSR count). The van der Waals surface area contributed by atoms with E-state index in [1.807, 2.05) is 0 Å². The van der Waals surface area contributed by atoms with Gasteiger partial charge >= 0.3 is 0 Å². The molecule has 94 valence electrons. The molecule has 17 heavy (non-hydrogen) atoms. The van der Waals surface area contributed by atoms with Crippen LogP contribution in [-0.2, 0) is 9.53 Å². The van der Waals surface area contributed by atoms with E-state index in [0.717, 1.165) is 0 Å². The summed E-state index contributed by atoms with van der Waals surface area (Å²) in [5.41, 5.74) is 0. The number of rotatable bonds is 6. The fraction of sp³-hybridized carbons (Fsp3) is 0.417. The Bertz CT molecular complexity index is 371. The molecule has 0 aromatic heterocycles. The molecule has 0 bridgehead atoms. The molecule has 1 amide bonds. The summed E-state index contributed by atoms with van der Waals surface area (Å²) in [4.78, 5) is 11.5. The van der Waals surface area contributed by atoms with Crippen molar-refractivity contribution in [1.82, 2.24) is 5.32 Å². The first-order chi connectivity index (χ1) is 8.13. The number of methoxy groups -OCH3 is 1. The van der Waals surface area contributed by atoms with Crippen LogP contribution in [0.25, 0.3) is 0 Å². The van der Waals surface area contributed by atoms with Crippen LogP contribution in [-0.4, -0.2) is 32.3 Å². The van der Waals surface area contributed by atoms with E-state index in [1.165, 1.54) is 18.2 Å². The quantitative estimate of drug-likeness (QED) is 0.765. The van der Waals surface area contributed by atoms with E-state index in [2.05, 4.69) is 5.32 Å². The minimum absolute atomic E-state index is 0.258. The van der Waals surface area contributed by atoms with Crippen LogP contribution in [0, 0.1) is 5.82 Å². The van der Waals surface area contributed by atoms with Crippen LogP contribution in [0.1, 0.15) is 6.92 Å². The van der Waals surface area contributed by atoms with E-state index in [0.29, 0.717) is 18.9 Å². The maximum atomic E-state index is 12.9. The summed E-state index contributed by atoms with van der Waals surface area (Å²) in [5.74, 6) is -0.319. The lowest BCUT2D eigenvalue weighted by Gasteiger charge is -2.14. The molecule has 4 nitrogen and oxygen atoms in total. The van der Waals surface area contributed by atoms with Crippen molar-refractivity contribution < 1.29 is 18.7 Å². The average Bonchev–Trinajstić information content (AvgIpc) is 2.29. The molecule has 1 N–H and O–H groups in total. The van der Waals surface area contributed by atoms with Crippen molar-refractivity contribution in [2.75, 3.05) is 20.3 Å². The molecule has 5 heteroatoms. The molecule has 0 fully saturated rings. The molecule has 1 unspecified atom stereocenters. The standard InChI is InChI=1S/C12H16FNO3/c1-9(12(15)14-6-7-16-2)17-11-5-3-4-10(13)8-11/h3-5,8-9H,6-7H2,1-2H3,(H,14,15). The minimum atomic E-state index is -0.673. The number of benzene rings is 1. The van der Waals surface area contributed by atoms with Gasteiger partial charge in [-0.25, -0.2) is 4.39 Å². The van der Waals surface area contributed by atoms with Crippen LogP contribution in [0.2, 0.25) is 0 Å². The normalized spacial score (nSPS) is 11.9. The Hall–Kier alpha value is -1.62. The summed E-state index contributed by atoms with van der Waals surface area (Å²) in [7, 11) is 1.55. The molecular weight excluding hydrogens is 225 g/mol. The van der Waals surface area contributed by atoms with Crippen LogP contribution in [0.3, 0.4) is 0 Å². The third-order valence-electron chi connectivity index (χ3n) is 2.08. The van der Waals surface area contributed by atoms with Crippen molar-refractivity contribution in [2.24, 2.45) is 0 Å². The predicted molar refractivity (Wildman–Crippen MR) is 61.4 cm³/mol. The molecular formula is C12H16FNO3. The SMILES string of the molecule is COCCNC(=O)C(C)Oc1cccc(F)c1. The molecule has 0 spiro atoms. The lowest BCUT2D eigenvalue weighted by Crippen LogP contribution is -2.37. The second-order valence-corrected chi connectivity index (χ2v) is 3.50. The molecule has 0 aliphatic heterocycles. The van der Waals surface area contributed by atoms with Gasteiger partial charge in [0.05, 0.1) is 6.61 Å². The van der Waals surface area contributed by atoms with E-state index < -0.39 is 11.9 Å². The van der Waals surface area contributed by atoms with Crippen LogP contribution in [0.4, 0.5) is 4.39 Å². The molecule has 0 radical (unpaired) electrons. The first-order valence-electron chi connectivity index (χ1n) is 5.32. The highest BCUT2D eigenvalue weighted by atomic mass is 19.1. The number of hydrogen-bond acceptors (Lipinski definition) is 3. The summed E-state index contributed by atoms with van der Waals surface area (Å²) < 4.78 is 23.0. The van der Waals surface area contributed by atoms with Gasteiger partial charge < -0.3 is 14.8 Å². The van der Waals surface area contributed by atoms with Gasteiger partial charge in [0.2, 0.25) is 0 Å². The van der Waals surface area contributed by atoms with Gasteiger partial charge in [0, 0.05) is 19.7 Å². The van der Waals surface area contributed by atoms with E-state index >= 15 is 0 Å². The molecule has 1 aromatic rings. The van der Waals surface area contributed by atoms with Gasteiger partial charge in [-0.05, 0) is 19.1 Å². The van der Waals surface area contributed by atoms with E-state index in [4.69, 9.17) is 9.47 Å². The first kappa shape index (κ1) is 13.4. The van der Waals surface area contributed by atoms with Crippen molar-refractivity contribution in [3.8, 4) is 5.75 Å². The molecule has 0 aliphatic rings. The van der Waals surface area contributed by atoms with Crippen LogP contribution in [0.5, 0.6) is 5.75 Å². The zero-order chi connectivity index (χ0) is 12.7. The summed E-state index contributed by atoms with van der Waals surface area (Å²) in [6, 6.07) is 5.68. The Morgan fingerprint density at radius 2 is 2.29 bits per heavy atom. The first-order valence-corrected chi connectivity index (χ1v) is 5.32. The topological polar surface area (TPSA) is 47.6 Å².